The van der Waals surface area contributed by atoms with Gasteiger partial charge in [0.15, 0.2) is 11.6 Å². The average molecular weight is 492 g/mol. The molecule has 0 aliphatic carbocycles. The zero-order chi connectivity index (χ0) is 25.0. The van der Waals surface area contributed by atoms with Crippen molar-refractivity contribution in [3.63, 3.8) is 0 Å². The summed E-state index contributed by atoms with van der Waals surface area (Å²) in [4.78, 5) is 13.9. The van der Waals surface area contributed by atoms with Crippen LogP contribution in [0, 0.1) is 5.82 Å². The minimum absolute atomic E-state index is 0.0320. The van der Waals surface area contributed by atoms with Crippen LogP contribution in [-0.4, -0.2) is 38.4 Å². The first-order valence-corrected chi connectivity index (χ1v) is 11.8. The Kier molecular flexibility index (Phi) is 7.16. The molecule has 9 heteroatoms. The molecule has 0 atom stereocenters. The van der Waals surface area contributed by atoms with Crippen LogP contribution >= 0.6 is 11.8 Å². The molecule has 0 aliphatic heterocycles. The van der Waals surface area contributed by atoms with Gasteiger partial charge in [0.1, 0.15) is 0 Å². The van der Waals surface area contributed by atoms with Crippen LogP contribution in [0.25, 0.3) is 22.5 Å². The number of aromatic nitrogens is 4. The van der Waals surface area contributed by atoms with Gasteiger partial charge in [0.2, 0.25) is 11.7 Å². The van der Waals surface area contributed by atoms with E-state index in [4.69, 9.17) is 4.74 Å². The highest BCUT2D eigenvalue weighted by molar-refractivity contribution is 8.00. The second kappa shape index (κ2) is 10.3. The molecule has 0 saturated heterocycles. The molecule has 1 aromatic heterocycles. The van der Waals surface area contributed by atoms with Crippen molar-refractivity contribution >= 4 is 23.4 Å². The molecule has 0 bridgehead atoms. The lowest BCUT2D eigenvalue weighted by Crippen LogP contribution is -2.16. The molecule has 3 aromatic carbocycles. The number of aromatic amines is 1. The van der Waals surface area contributed by atoms with Crippen LogP contribution in [0.3, 0.4) is 0 Å². The molecule has 0 radical (unpaired) electrons. The van der Waals surface area contributed by atoms with Crippen molar-refractivity contribution in [3.8, 4) is 28.3 Å². The molecule has 180 valence electrons. The molecule has 0 aliphatic rings. The molecule has 7 nitrogen and oxygen atoms in total. The second-order valence-electron chi connectivity index (χ2n) is 8.90. The number of ether oxygens (including phenoxy) is 1. The normalized spacial score (nSPS) is 11.3. The van der Waals surface area contributed by atoms with E-state index in [9.17, 15) is 9.18 Å². The summed E-state index contributed by atoms with van der Waals surface area (Å²) in [7, 11) is 1.41. The highest BCUT2D eigenvalue weighted by atomic mass is 32.2. The number of nitrogens with one attached hydrogen (secondary N) is 2. The molecular weight excluding hydrogens is 465 g/mol. The number of rotatable bonds is 7. The monoisotopic (exact) mass is 491 g/mol. The number of halogens is 1. The van der Waals surface area contributed by atoms with Crippen LogP contribution in [0.5, 0.6) is 5.75 Å². The Morgan fingerprint density at radius 1 is 1.09 bits per heavy atom. The van der Waals surface area contributed by atoms with Crippen LogP contribution in [0.1, 0.15) is 26.3 Å². The molecule has 2 N–H and O–H groups in total. The van der Waals surface area contributed by atoms with Crippen molar-refractivity contribution in [2.45, 2.75) is 36.8 Å². The molecule has 0 spiro atoms. The van der Waals surface area contributed by atoms with Gasteiger partial charge in [0.25, 0.3) is 0 Å². The first-order valence-electron chi connectivity index (χ1n) is 11.0. The molecule has 1 heterocycles. The fraction of sp³-hybridized carbons (Fsp3) is 0.231. The zero-order valence-corrected chi connectivity index (χ0v) is 20.7. The first kappa shape index (κ1) is 24.4. The van der Waals surface area contributed by atoms with Crippen LogP contribution in [0.4, 0.5) is 10.1 Å². The third-order valence-electron chi connectivity index (χ3n) is 5.07. The Labute approximate surface area is 207 Å². The number of nitrogens with zero attached hydrogens (tertiary/aromatic N) is 3. The van der Waals surface area contributed by atoms with Crippen LogP contribution in [0.15, 0.2) is 65.6 Å². The van der Waals surface area contributed by atoms with Crippen LogP contribution in [-0.2, 0) is 11.2 Å². The van der Waals surface area contributed by atoms with Crippen molar-refractivity contribution in [1.29, 1.82) is 0 Å². The van der Waals surface area contributed by atoms with Crippen molar-refractivity contribution in [1.82, 2.24) is 20.6 Å². The Morgan fingerprint density at radius 2 is 1.86 bits per heavy atom. The van der Waals surface area contributed by atoms with Crippen LogP contribution in [0.2, 0.25) is 0 Å². The number of H-pyrrole nitrogens is 1. The van der Waals surface area contributed by atoms with Gasteiger partial charge in [-0.15, -0.1) is 22.0 Å². The van der Waals surface area contributed by atoms with E-state index in [2.05, 4.69) is 46.7 Å². The second-order valence-corrected chi connectivity index (χ2v) is 10.8. The van der Waals surface area contributed by atoms with E-state index in [0.29, 0.717) is 17.1 Å². The largest absolute Gasteiger partial charge is 0.494 e. The standard InChI is InChI=1S/C26H26FN5O2S/c1-26(2,3)35-23-12-10-17(18-7-5-6-8-19(18)25-29-31-32-30-25)15-21(23)28-24(33)14-16-9-11-22(34-4)20(27)13-16/h5-13,15H,14H2,1-4H3,(H,28,33)(H,29,30,31,32). The van der Waals surface area contributed by atoms with Crippen molar-refractivity contribution in [2.75, 3.05) is 12.4 Å². The SMILES string of the molecule is COc1ccc(CC(=O)Nc2cc(-c3ccccc3-c3nn[nH]n3)ccc2SC(C)(C)C)cc1F. The van der Waals surface area contributed by atoms with E-state index in [1.165, 1.54) is 19.2 Å². The third-order valence-corrected chi connectivity index (χ3v) is 6.26. The molecule has 4 aromatic rings. The number of amides is 1. The minimum Gasteiger partial charge on any atom is -0.494 e. The van der Waals surface area contributed by atoms with Gasteiger partial charge in [-0.1, -0.05) is 57.2 Å². The van der Waals surface area contributed by atoms with Gasteiger partial charge in [-0.3, -0.25) is 4.79 Å². The summed E-state index contributed by atoms with van der Waals surface area (Å²) in [6.45, 7) is 6.34. The Bertz CT molecular complexity index is 1340. The van der Waals surface area contributed by atoms with Crippen molar-refractivity contribution in [3.05, 3.63) is 72.0 Å². The van der Waals surface area contributed by atoms with Gasteiger partial charge in [0, 0.05) is 15.2 Å². The topological polar surface area (TPSA) is 92.8 Å². The van der Waals surface area contributed by atoms with Gasteiger partial charge < -0.3 is 10.1 Å². The molecule has 0 fully saturated rings. The first-order chi connectivity index (χ1) is 16.7. The quantitative estimate of drug-likeness (QED) is 0.320. The Balaban J connectivity index is 1.67. The van der Waals surface area contributed by atoms with Crippen molar-refractivity contribution < 1.29 is 13.9 Å². The van der Waals surface area contributed by atoms with Crippen LogP contribution < -0.4 is 10.1 Å². The predicted molar refractivity (Wildman–Crippen MR) is 136 cm³/mol. The molecule has 35 heavy (non-hydrogen) atoms. The number of thioether (sulfide) groups is 1. The number of tetrazole rings is 1. The summed E-state index contributed by atoms with van der Waals surface area (Å²) in [5.41, 5.74) is 3.88. The zero-order valence-electron chi connectivity index (χ0n) is 19.9. The molecule has 4 rings (SSSR count). The number of benzene rings is 3. The van der Waals surface area contributed by atoms with E-state index in [0.717, 1.165) is 21.6 Å². The number of anilines is 1. The summed E-state index contributed by atoms with van der Waals surface area (Å²) >= 11 is 1.66. The molecular formula is C26H26FN5O2S. The molecule has 1 amide bonds. The summed E-state index contributed by atoms with van der Waals surface area (Å²) in [5.74, 6) is -0.109. The fourth-order valence-electron chi connectivity index (χ4n) is 3.62. The van der Waals surface area contributed by atoms with E-state index < -0.39 is 5.82 Å². The van der Waals surface area contributed by atoms with Crippen molar-refractivity contribution in [2.24, 2.45) is 0 Å². The minimum atomic E-state index is -0.498. The maximum Gasteiger partial charge on any atom is 0.228 e. The van der Waals surface area contributed by atoms with Gasteiger partial charge >= 0.3 is 0 Å². The van der Waals surface area contributed by atoms with E-state index >= 15 is 0 Å². The number of carbonyl (C=O) groups excluding carboxylic acids is 1. The molecule has 0 unspecified atom stereocenters. The Hall–Kier alpha value is -3.72. The number of hydrogen-bond donors (Lipinski definition) is 2. The fourth-order valence-corrected chi connectivity index (χ4v) is 4.64. The van der Waals surface area contributed by atoms with E-state index in [1.807, 2.05) is 42.5 Å². The van der Waals surface area contributed by atoms with Gasteiger partial charge in [-0.2, -0.15) is 5.21 Å². The summed E-state index contributed by atoms with van der Waals surface area (Å²) in [5, 5.41) is 17.4. The highest BCUT2D eigenvalue weighted by Gasteiger charge is 2.19. The maximum atomic E-state index is 14.1. The van der Waals surface area contributed by atoms with Gasteiger partial charge in [0.05, 0.1) is 19.2 Å². The number of carbonyl (C=O) groups is 1. The lowest BCUT2D eigenvalue weighted by Gasteiger charge is -2.21. The lowest BCUT2D eigenvalue weighted by molar-refractivity contribution is -0.115. The number of hydrogen-bond acceptors (Lipinski definition) is 6. The smallest absolute Gasteiger partial charge is 0.228 e. The van der Waals surface area contributed by atoms with Gasteiger partial charge in [-0.05, 0) is 46.2 Å². The summed E-state index contributed by atoms with van der Waals surface area (Å²) in [6.07, 6.45) is 0.0320. The Morgan fingerprint density at radius 3 is 2.51 bits per heavy atom. The predicted octanol–water partition coefficient (Wildman–Crippen LogP) is 5.75. The summed E-state index contributed by atoms with van der Waals surface area (Å²) < 4.78 is 19.0. The summed E-state index contributed by atoms with van der Waals surface area (Å²) in [6, 6.07) is 18.2. The molecule has 0 saturated carbocycles. The average Bonchev–Trinajstić information content (AvgIpc) is 3.34. The van der Waals surface area contributed by atoms with E-state index in [1.54, 1.807) is 17.8 Å². The maximum absolute atomic E-state index is 14.1. The van der Waals surface area contributed by atoms with Gasteiger partial charge in [-0.25, -0.2) is 4.39 Å². The number of methoxy groups -OCH3 is 1. The van der Waals surface area contributed by atoms with E-state index in [-0.39, 0.29) is 22.8 Å². The third kappa shape index (κ3) is 6.05. The highest BCUT2D eigenvalue weighted by Crippen LogP contribution is 2.40. The lowest BCUT2D eigenvalue weighted by atomic mass is 9.99.